The number of carboxylic acid groups (broad SMARTS) is 1. The molecule has 0 rings (SSSR count). The molecule has 6 heteroatoms. The zero-order valence-electron chi connectivity index (χ0n) is 5.22. The first kappa shape index (κ1) is 11.0. The van der Waals surface area contributed by atoms with Gasteiger partial charge in [0.15, 0.2) is 0 Å². The van der Waals surface area contributed by atoms with Gasteiger partial charge in [-0.3, -0.25) is 0 Å². The number of alkyl halides is 2. The molecule has 0 heterocycles. The van der Waals surface area contributed by atoms with Gasteiger partial charge in [-0.05, 0) is 0 Å². The molecule has 2 N–H and O–H groups in total. The standard InChI is InChI=1S/C5H5Cl3O3/c6-3(5(10)11)2(1-9)4(7)8/h4,9H,1H2,(H,10,11)/b3-2-. The minimum atomic E-state index is -1.36. The van der Waals surface area contributed by atoms with Crippen LogP contribution in [-0.4, -0.2) is 27.6 Å². The van der Waals surface area contributed by atoms with Crippen LogP contribution in [0.4, 0.5) is 0 Å². The third-order valence-corrected chi connectivity index (χ3v) is 1.83. The fraction of sp³-hybridized carbons (Fsp3) is 0.400. The van der Waals surface area contributed by atoms with Gasteiger partial charge in [-0.15, -0.1) is 23.2 Å². The average Bonchev–Trinajstić information content (AvgIpc) is 1.88. The van der Waals surface area contributed by atoms with Crippen LogP contribution >= 0.6 is 34.8 Å². The first-order valence-corrected chi connectivity index (χ1v) is 3.76. The average molecular weight is 219 g/mol. The molecule has 0 atom stereocenters. The van der Waals surface area contributed by atoms with Crippen molar-refractivity contribution in [3.8, 4) is 0 Å². The second-order valence-electron chi connectivity index (χ2n) is 1.60. The molecule has 11 heavy (non-hydrogen) atoms. The van der Waals surface area contributed by atoms with E-state index in [1.165, 1.54) is 0 Å². The first-order chi connectivity index (χ1) is 5.00. The van der Waals surface area contributed by atoms with Crippen molar-refractivity contribution in [2.45, 2.75) is 4.84 Å². The SMILES string of the molecule is O=C(O)/C(Cl)=C(\CO)C(Cl)Cl. The Bertz CT molecular complexity index is 187. The van der Waals surface area contributed by atoms with Crippen molar-refractivity contribution in [3.63, 3.8) is 0 Å². The van der Waals surface area contributed by atoms with E-state index in [9.17, 15) is 4.79 Å². The molecule has 0 radical (unpaired) electrons. The first-order valence-electron chi connectivity index (χ1n) is 2.51. The number of carboxylic acids is 1. The lowest BCUT2D eigenvalue weighted by Gasteiger charge is -2.04. The van der Waals surface area contributed by atoms with E-state index < -0.39 is 22.4 Å². The molecule has 0 fully saturated rings. The summed E-state index contributed by atoms with van der Waals surface area (Å²) in [6.07, 6.45) is 0. The molecule has 0 bridgehead atoms. The highest BCUT2D eigenvalue weighted by molar-refractivity contribution is 6.48. The fourth-order valence-corrected chi connectivity index (χ4v) is 1.01. The second kappa shape index (κ2) is 4.83. The number of rotatable bonds is 3. The number of aliphatic hydroxyl groups is 1. The van der Waals surface area contributed by atoms with Crippen molar-refractivity contribution in [1.82, 2.24) is 0 Å². The van der Waals surface area contributed by atoms with Gasteiger partial charge in [0.25, 0.3) is 0 Å². The maximum absolute atomic E-state index is 10.2. The van der Waals surface area contributed by atoms with E-state index in [4.69, 9.17) is 45.0 Å². The van der Waals surface area contributed by atoms with Gasteiger partial charge in [-0.2, -0.15) is 0 Å². The van der Waals surface area contributed by atoms with Crippen LogP contribution in [0.3, 0.4) is 0 Å². The van der Waals surface area contributed by atoms with Gasteiger partial charge in [-0.1, -0.05) is 11.6 Å². The Morgan fingerprint density at radius 3 is 2.00 bits per heavy atom. The smallest absolute Gasteiger partial charge is 0.347 e. The van der Waals surface area contributed by atoms with Gasteiger partial charge in [0.1, 0.15) is 9.87 Å². The monoisotopic (exact) mass is 218 g/mol. The number of hydrogen-bond donors (Lipinski definition) is 2. The van der Waals surface area contributed by atoms with E-state index in [0.29, 0.717) is 0 Å². The van der Waals surface area contributed by atoms with E-state index in [1.54, 1.807) is 0 Å². The molecule has 0 amide bonds. The summed E-state index contributed by atoms with van der Waals surface area (Å²) >= 11 is 15.8. The molecule has 64 valence electrons. The summed E-state index contributed by atoms with van der Waals surface area (Å²) in [5, 5.41) is 16.3. The fourth-order valence-electron chi connectivity index (χ4n) is 0.372. The van der Waals surface area contributed by atoms with E-state index in [-0.39, 0.29) is 5.57 Å². The number of hydrogen-bond acceptors (Lipinski definition) is 2. The lowest BCUT2D eigenvalue weighted by molar-refractivity contribution is -0.132. The number of aliphatic carboxylic acids is 1. The van der Waals surface area contributed by atoms with Crippen LogP contribution in [0.2, 0.25) is 0 Å². The van der Waals surface area contributed by atoms with Crippen LogP contribution in [0.25, 0.3) is 0 Å². The van der Waals surface area contributed by atoms with Crippen molar-refractivity contribution >= 4 is 40.8 Å². The van der Waals surface area contributed by atoms with Crippen molar-refractivity contribution in [2.24, 2.45) is 0 Å². The van der Waals surface area contributed by atoms with Crippen molar-refractivity contribution in [1.29, 1.82) is 0 Å². The predicted octanol–water partition coefficient (Wildman–Crippen LogP) is 1.36. The van der Waals surface area contributed by atoms with Crippen LogP contribution in [0.15, 0.2) is 10.6 Å². The molecule has 0 aliphatic heterocycles. The van der Waals surface area contributed by atoms with Crippen LogP contribution in [0.5, 0.6) is 0 Å². The molecule has 0 saturated carbocycles. The van der Waals surface area contributed by atoms with Gasteiger partial charge in [0.05, 0.1) is 6.61 Å². The summed E-state index contributed by atoms with van der Waals surface area (Å²) in [5.41, 5.74) is -0.109. The summed E-state index contributed by atoms with van der Waals surface area (Å²) in [5.74, 6) is -1.36. The molecule has 3 nitrogen and oxygen atoms in total. The quantitative estimate of drug-likeness (QED) is 0.557. The van der Waals surface area contributed by atoms with Crippen LogP contribution in [-0.2, 0) is 4.79 Å². The highest BCUT2D eigenvalue weighted by Crippen LogP contribution is 2.20. The molecule has 0 aromatic carbocycles. The summed E-state index contributed by atoms with van der Waals surface area (Å²) < 4.78 is 0. The third kappa shape index (κ3) is 3.29. The van der Waals surface area contributed by atoms with Crippen molar-refractivity contribution in [2.75, 3.05) is 6.61 Å². The predicted molar refractivity (Wildman–Crippen MR) is 43.1 cm³/mol. The zero-order chi connectivity index (χ0) is 9.02. The summed E-state index contributed by atoms with van der Waals surface area (Å²) in [6.45, 7) is -0.567. The molecule has 0 unspecified atom stereocenters. The largest absolute Gasteiger partial charge is 0.477 e. The van der Waals surface area contributed by atoms with Gasteiger partial charge in [-0.25, -0.2) is 4.79 Å². The third-order valence-electron chi connectivity index (χ3n) is 0.903. The molecule has 0 aliphatic rings. The number of halogens is 3. The second-order valence-corrected chi connectivity index (χ2v) is 3.08. The molecule has 0 saturated heterocycles. The molecule has 0 aromatic heterocycles. The lowest BCUT2D eigenvalue weighted by Crippen LogP contribution is -2.07. The lowest BCUT2D eigenvalue weighted by atomic mass is 10.3. The summed E-state index contributed by atoms with van der Waals surface area (Å²) in [4.78, 5) is 9.09. The minimum absolute atomic E-state index is 0.109. The Balaban J connectivity index is 4.68. The Kier molecular flexibility index (Phi) is 4.84. The van der Waals surface area contributed by atoms with E-state index in [1.807, 2.05) is 0 Å². The minimum Gasteiger partial charge on any atom is -0.477 e. The Morgan fingerprint density at radius 2 is 1.91 bits per heavy atom. The van der Waals surface area contributed by atoms with E-state index in [2.05, 4.69) is 0 Å². The van der Waals surface area contributed by atoms with E-state index in [0.717, 1.165) is 0 Å². The highest BCUT2D eigenvalue weighted by atomic mass is 35.5. The molecule has 0 aliphatic carbocycles. The highest BCUT2D eigenvalue weighted by Gasteiger charge is 2.16. The Labute approximate surface area is 78.2 Å². The van der Waals surface area contributed by atoms with Gasteiger partial charge in [0.2, 0.25) is 0 Å². The molecular formula is C5H5Cl3O3. The Hall–Kier alpha value is 0.0400. The molecule has 0 aromatic rings. The van der Waals surface area contributed by atoms with E-state index >= 15 is 0 Å². The van der Waals surface area contributed by atoms with Crippen molar-refractivity contribution in [3.05, 3.63) is 10.6 Å². The molecule has 0 spiro atoms. The van der Waals surface area contributed by atoms with Gasteiger partial charge < -0.3 is 10.2 Å². The molecular weight excluding hydrogens is 214 g/mol. The number of carbonyl (C=O) groups is 1. The van der Waals surface area contributed by atoms with Crippen LogP contribution in [0, 0.1) is 0 Å². The van der Waals surface area contributed by atoms with Crippen LogP contribution < -0.4 is 0 Å². The normalized spacial score (nSPS) is 13.2. The van der Waals surface area contributed by atoms with Crippen LogP contribution in [0.1, 0.15) is 0 Å². The number of aliphatic hydroxyl groups excluding tert-OH is 1. The maximum atomic E-state index is 10.2. The van der Waals surface area contributed by atoms with Gasteiger partial charge in [0, 0.05) is 5.57 Å². The Morgan fingerprint density at radius 1 is 1.45 bits per heavy atom. The summed E-state index contributed by atoms with van der Waals surface area (Å²) in [6, 6.07) is 0. The summed E-state index contributed by atoms with van der Waals surface area (Å²) in [7, 11) is 0. The van der Waals surface area contributed by atoms with Gasteiger partial charge >= 0.3 is 5.97 Å². The van der Waals surface area contributed by atoms with Crippen molar-refractivity contribution < 1.29 is 15.0 Å². The zero-order valence-corrected chi connectivity index (χ0v) is 7.49. The topological polar surface area (TPSA) is 57.5 Å². The maximum Gasteiger partial charge on any atom is 0.347 e.